The summed E-state index contributed by atoms with van der Waals surface area (Å²) in [7, 11) is 1.50. The van der Waals surface area contributed by atoms with Crippen LogP contribution in [0.4, 0.5) is 0 Å². The number of methoxy groups -OCH3 is 1. The smallest absolute Gasteiger partial charge is 0.258 e. The molecule has 0 fully saturated rings. The number of hydrogen-bond donors (Lipinski definition) is 1. The SMILES string of the molecule is CCN(CC(N)=S)C(=O)c1ccncc1OC. The van der Waals surface area contributed by atoms with Crippen LogP contribution in [-0.4, -0.2) is 41.0 Å². The molecular formula is C11H15N3O2S. The minimum absolute atomic E-state index is 0.167. The number of carbonyl (C=O) groups is 1. The first kappa shape index (κ1) is 13.4. The van der Waals surface area contributed by atoms with Gasteiger partial charge in [0.1, 0.15) is 5.75 Å². The molecule has 0 unspecified atom stereocenters. The Morgan fingerprint density at radius 2 is 2.35 bits per heavy atom. The lowest BCUT2D eigenvalue weighted by Crippen LogP contribution is -2.37. The van der Waals surface area contributed by atoms with Gasteiger partial charge in [-0.1, -0.05) is 12.2 Å². The third-order valence-electron chi connectivity index (χ3n) is 2.25. The normalized spacial score (nSPS) is 9.76. The van der Waals surface area contributed by atoms with Crippen LogP contribution in [0.1, 0.15) is 17.3 Å². The molecule has 0 saturated heterocycles. The van der Waals surface area contributed by atoms with E-state index in [-0.39, 0.29) is 17.4 Å². The van der Waals surface area contributed by atoms with Crippen molar-refractivity contribution >= 4 is 23.1 Å². The molecule has 5 nitrogen and oxygen atoms in total. The Bertz CT molecular complexity index is 423. The van der Waals surface area contributed by atoms with Gasteiger partial charge in [0, 0.05) is 12.7 Å². The van der Waals surface area contributed by atoms with Gasteiger partial charge in [0.2, 0.25) is 0 Å². The number of nitrogens with zero attached hydrogens (tertiary/aromatic N) is 2. The zero-order valence-electron chi connectivity index (χ0n) is 9.84. The Morgan fingerprint density at radius 3 is 2.88 bits per heavy atom. The molecule has 1 amide bonds. The van der Waals surface area contributed by atoms with E-state index >= 15 is 0 Å². The van der Waals surface area contributed by atoms with Crippen molar-refractivity contribution < 1.29 is 9.53 Å². The third kappa shape index (κ3) is 3.39. The monoisotopic (exact) mass is 253 g/mol. The Morgan fingerprint density at radius 1 is 1.65 bits per heavy atom. The average molecular weight is 253 g/mol. The molecule has 17 heavy (non-hydrogen) atoms. The molecule has 0 saturated carbocycles. The first-order chi connectivity index (χ1) is 8.10. The first-order valence-corrected chi connectivity index (χ1v) is 5.56. The zero-order valence-corrected chi connectivity index (χ0v) is 10.7. The molecule has 0 aliphatic heterocycles. The molecule has 2 N–H and O–H groups in total. The lowest BCUT2D eigenvalue weighted by Gasteiger charge is -2.20. The van der Waals surface area contributed by atoms with Crippen molar-refractivity contribution in [2.24, 2.45) is 5.73 Å². The number of carbonyl (C=O) groups excluding carboxylic acids is 1. The van der Waals surface area contributed by atoms with Crippen LogP contribution in [-0.2, 0) is 0 Å². The van der Waals surface area contributed by atoms with Gasteiger partial charge in [-0.2, -0.15) is 0 Å². The molecule has 0 spiro atoms. The van der Waals surface area contributed by atoms with Crippen LogP contribution in [0.3, 0.4) is 0 Å². The molecule has 0 atom stereocenters. The highest BCUT2D eigenvalue weighted by molar-refractivity contribution is 7.80. The Kier molecular flexibility index (Phi) is 4.84. The van der Waals surface area contributed by atoms with Gasteiger partial charge in [-0.05, 0) is 13.0 Å². The number of rotatable bonds is 5. The average Bonchev–Trinajstić information content (AvgIpc) is 2.34. The molecule has 0 aromatic carbocycles. The van der Waals surface area contributed by atoms with Crippen LogP contribution in [0.15, 0.2) is 18.5 Å². The van der Waals surface area contributed by atoms with Crippen molar-refractivity contribution in [3.05, 3.63) is 24.0 Å². The number of aromatic nitrogens is 1. The van der Waals surface area contributed by atoms with Crippen molar-refractivity contribution in [3.63, 3.8) is 0 Å². The van der Waals surface area contributed by atoms with E-state index in [1.165, 1.54) is 13.3 Å². The standard InChI is InChI=1S/C11H15N3O2S/c1-3-14(7-10(12)17)11(15)8-4-5-13-6-9(8)16-2/h4-6H,3,7H2,1-2H3,(H2,12,17). The molecule has 0 aliphatic rings. The second-order valence-electron chi connectivity index (χ2n) is 3.36. The maximum absolute atomic E-state index is 12.2. The summed E-state index contributed by atoms with van der Waals surface area (Å²) in [5, 5.41) is 0. The van der Waals surface area contributed by atoms with Crippen molar-refractivity contribution in [1.29, 1.82) is 0 Å². The highest BCUT2D eigenvalue weighted by Crippen LogP contribution is 2.17. The zero-order chi connectivity index (χ0) is 12.8. The summed E-state index contributed by atoms with van der Waals surface area (Å²) >= 11 is 4.81. The highest BCUT2D eigenvalue weighted by Gasteiger charge is 2.18. The van der Waals surface area contributed by atoms with E-state index in [1.54, 1.807) is 17.2 Å². The number of hydrogen-bond acceptors (Lipinski definition) is 4. The van der Waals surface area contributed by atoms with Crippen LogP contribution < -0.4 is 10.5 Å². The van der Waals surface area contributed by atoms with Crippen molar-refractivity contribution in [1.82, 2.24) is 9.88 Å². The second kappa shape index (κ2) is 6.15. The maximum atomic E-state index is 12.2. The topological polar surface area (TPSA) is 68.5 Å². The van der Waals surface area contributed by atoms with Gasteiger partial charge in [0.25, 0.3) is 5.91 Å². The summed E-state index contributed by atoms with van der Waals surface area (Å²) in [5.74, 6) is 0.276. The van der Waals surface area contributed by atoms with Crippen LogP contribution in [0.25, 0.3) is 0 Å². The van der Waals surface area contributed by atoms with Crippen LogP contribution in [0, 0.1) is 0 Å². The third-order valence-corrected chi connectivity index (χ3v) is 2.38. The predicted molar refractivity (Wildman–Crippen MR) is 69.2 cm³/mol. The van der Waals surface area contributed by atoms with Gasteiger partial charge in [-0.15, -0.1) is 0 Å². The van der Waals surface area contributed by atoms with Crippen LogP contribution in [0.2, 0.25) is 0 Å². The molecule has 1 aromatic rings. The molecule has 0 radical (unpaired) electrons. The molecule has 92 valence electrons. The fourth-order valence-electron chi connectivity index (χ4n) is 1.40. The fraction of sp³-hybridized carbons (Fsp3) is 0.364. The van der Waals surface area contributed by atoms with Gasteiger partial charge < -0.3 is 15.4 Å². The van der Waals surface area contributed by atoms with Gasteiger partial charge in [-0.25, -0.2) is 0 Å². The lowest BCUT2D eigenvalue weighted by molar-refractivity contribution is 0.0784. The van der Waals surface area contributed by atoms with E-state index in [0.29, 0.717) is 17.9 Å². The van der Waals surface area contributed by atoms with E-state index < -0.39 is 0 Å². The van der Waals surface area contributed by atoms with E-state index in [1.807, 2.05) is 6.92 Å². The minimum atomic E-state index is -0.167. The van der Waals surface area contributed by atoms with Gasteiger partial charge in [-0.3, -0.25) is 9.78 Å². The second-order valence-corrected chi connectivity index (χ2v) is 3.89. The van der Waals surface area contributed by atoms with Crippen molar-refractivity contribution in [3.8, 4) is 5.75 Å². The predicted octanol–water partition coefficient (Wildman–Crippen LogP) is 0.838. The van der Waals surface area contributed by atoms with Crippen molar-refractivity contribution in [2.45, 2.75) is 6.92 Å². The summed E-state index contributed by atoms with van der Waals surface area (Å²) in [4.78, 5) is 17.9. The van der Waals surface area contributed by atoms with Gasteiger partial charge in [0.15, 0.2) is 0 Å². The number of thiocarbonyl (C=S) groups is 1. The Balaban J connectivity index is 2.97. The Hall–Kier alpha value is -1.69. The molecule has 0 aliphatic carbocycles. The molecule has 1 heterocycles. The largest absolute Gasteiger partial charge is 0.494 e. The molecule has 1 aromatic heterocycles. The minimum Gasteiger partial charge on any atom is -0.494 e. The van der Waals surface area contributed by atoms with E-state index in [9.17, 15) is 4.79 Å². The van der Waals surface area contributed by atoms with Crippen LogP contribution in [0.5, 0.6) is 5.75 Å². The molecule has 1 rings (SSSR count). The molecule has 0 bridgehead atoms. The van der Waals surface area contributed by atoms with E-state index in [0.717, 1.165) is 0 Å². The molecule has 6 heteroatoms. The number of amides is 1. The quantitative estimate of drug-likeness (QED) is 0.787. The van der Waals surface area contributed by atoms with Gasteiger partial charge in [0.05, 0.1) is 30.4 Å². The van der Waals surface area contributed by atoms with E-state index in [2.05, 4.69) is 4.98 Å². The summed E-state index contributed by atoms with van der Waals surface area (Å²) in [5.41, 5.74) is 5.91. The van der Waals surface area contributed by atoms with E-state index in [4.69, 9.17) is 22.7 Å². The maximum Gasteiger partial charge on any atom is 0.258 e. The highest BCUT2D eigenvalue weighted by atomic mass is 32.1. The summed E-state index contributed by atoms with van der Waals surface area (Å²) < 4.78 is 5.09. The summed E-state index contributed by atoms with van der Waals surface area (Å²) in [6, 6.07) is 1.61. The fourth-order valence-corrected chi connectivity index (χ4v) is 1.56. The molecular weight excluding hydrogens is 238 g/mol. The van der Waals surface area contributed by atoms with Crippen molar-refractivity contribution in [2.75, 3.05) is 20.2 Å². The number of pyridine rings is 1. The van der Waals surface area contributed by atoms with Crippen LogP contribution >= 0.6 is 12.2 Å². The number of nitrogens with two attached hydrogens (primary N) is 1. The van der Waals surface area contributed by atoms with Gasteiger partial charge >= 0.3 is 0 Å². The summed E-state index contributed by atoms with van der Waals surface area (Å²) in [6.45, 7) is 2.65. The Labute approximate surface area is 106 Å². The number of ether oxygens (including phenoxy) is 1. The first-order valence-electron chi connectivity index (χ1n) is 5.15. The summed E-state index contributed by atoms with van der Waals surface area (Å²) in [6.07, 6.45) is 3.05. The number of likely N-dealkylation sites (N-methyl/N-ethyl adjacent to an activating group) is 1. The lowest BCUT2D eigenvalue weighted by atomic mass is 10.2.